The Morgan fingerprint density at radius 3 is 2.94 bits per heavy atom. The Labute approximate surface area is 93.5 Å². The van der Waals surface area contributed by atoms with E-state index in [1.807, 2.05) is 13.0 Å². The number of carbonyl (C=O) groups is 1. The number of aryl methyl sites for hydroxylation is 1. The smallest absolute Gasteiger partial charge is 0.338 e. The molecule has 0 spiro atoms. The van der Waals surface area contributed by atoms with Gasteiger partial charge < -0.3 is 14.9 Å². The molecule has 0 aliphatic heterocycles. The van der Waals surface area contributed by atoms with Crippen molar-refractivity contribution in [3.05, 3.63) is 23.7 Å². The normalized spacial score (nSPS) is 12.4. The van der Waals surface area contributed by atoms with Gasteiger partial charge in [0.25, 0.3) is 0 Å². The summed E-state index contributed by atoms with van der Waals surface area (Å²) >= 11 is 0. The quantitative estimate of drug-likeness (QED) is 0.586. The van der Waals surface area contributed by atoms with Crippen LogP contribution in [-0.2, 0) is 11.3 Å². The van der Waals surface area contributed by atoms with Gasteiger partial charge in [0, 0.05) is 5.56 Å². The molecule has 0 aromatic carbocycles. The molecule has 90 valence electrons. The van der Waals surface area contributed by atoms with Gasteiger partial charge in [0.2, 0.25) is 0 Å². The molecule has 0 fully saturated rings. The average molecular weight is 228 g/mol. The van der Waals surface area contributed by atoms with Gasteiger partial charge in [-0.1, -0.05) is 0 Å². The summed E-state index contributed by atoms with van der Waals surface area (Å²) in [5.74, 6) is 0.794. The molecule has 16 heavy (non-hydrogen) atoms. The Bertz CT molecular complexity index is 350. The van der Waals surface area contributed by atoms with E-state index in [1.165, 1.54) is 0 Å². The summed E-state index contributed by atoms with van der Waals surface area (Å²) in [6, 6.07) is 0.919. The molecule has 1 atom stereocenters. The van der Waals surface area contributed by atoms with Crippen LogP contribution in [0.4, 0.5) is 4.79 Å². The van der Waals surface area contributed by atoms with Gasteiger partial charge in [-0.3, -0.25) is 5.21 Å². The highest BCUT2D eigenvalue weighted by atomic mass is 16.5. The Morgan fingerprint density at radius 2 is 2.44 bits per heavy atom. The first-order valence-electron chi connectivity index (χ1n) is 4.91. The van der Waals surface area contributed by atoms with Crippen molar-refractivity contribution in [1.29, 1.82) is 0 Å². The van der Waals surface area contributed by atoms with Crippen molar-refractivity contribution in [2.24, 2.45) is 5.73 Å². The first-order chi connectivity index (χ1) is 7.50. The fourth-order valence-corrected chi connectivity index (χ4v) is 1.18. The number of furan rings is 1. The number of nitrogens with zero attached hydrogens (tertiary/aromatic N) is 1. The van der Waals surface area contributed by atoms with Crippen molar-refractivity contribution in [3.8, 4) is 0 Å². The zero-order valence-corrected chi connectivity index (χ0v) is 9.34. The molecule has 0 bridgehead atoms. The van der Waals surface area contributed by atoms with Crippen molar-refractivity contribution in [3.63, 3.8) is 0 Å². The average Bonchev–Trinajstić information content (AvgIpc) is 2.61. The molecule has 1 rings (SSSR count). The zero-order chi connectivity index (χ0) is 12.1. The largest absolute Gasteiger partial charge is 0.469 e. The van der Waals surface area contributed by atoms with Gasteiger partial charge in [-0.25, -0.2) is 9.86 Å². The Morgan fingerprint density at radius 1 is 1.75 bits per heavy atom. The third-order valence-corrected chi connectivity index (χ3v) is 2.17. The van der Waals surface area contributed by atoms with Crippen LogP contribution in [0.25, 0.3) is 0 Å². The van der Waals surface area contributed by atoms with E-state index in [0.29, 0.717) is 11.7 Å². The molecular weight excluding hydrogens is 212 g/mol. The predicted molar refractivity (Wildman–Crippen MR) is 55.8 cm³/mol. The third kappa shape index (κ3) is 3.56. The summed E-state index contributed by atoms with van der Waals surface area (Å²) in [5.41, 5.74) is 5.81. The van der Waals surface area contributed by atoms with E-state index in [1.54, 1.807) is 13.2 Å². The molecule has 0 saturated heterocycles. The number of urea groups is 1. The van der Waals surface area contributed by atoms with Crippen LogP contribution in [0, 0.1) is 6.92 Å². The number of ether oxygens (including phenoxy) is 1. The molecule has 0 saturated carbocycles. The van der Waals surface area contributed by atoms with E-state index in [2.05, 4.69) is 0 Å². The minimum atomic E-state index is -0.894. The van der Waals surface area contributed by atoms with Crippen LogP contribution in [0.15, 0.2) is 16.7 Å². The highest BCUT2D eigenvalue weighted by Gasteiger charge is 2.12. The second-order valence-electron chi connectivity index (χ2n) is 3.54. The molecule has 1 aromatic heterocycles. The van der Waals surface area contributed by atoms with Crippen molar-refractivity contribution in [2.75, 3.05) is 6.54 Å². The number of carbonyl (C=O) groups excluding carboxylic acids is 1. The summed E-state index contributed by atoms with van der Waals surface area (Å²) in [6.45, 7) is 3.98. The van der Waals surface area contributed by atoms with Gasteiger partial charge in [-0.2, -0.15) is 0 Å². The van der Waals surface area contributed by atoms with E-state index in [-0.39, 0.29) is 12.6 Å². The molecule has 3 N–H and O–H groups in total. The van der Waals surface area contributed by atoms with Crippen LogP contribution in [-0.4, -0.2) is 29.0 Å². The molecule has 1 heterocycles. The van der Waals surface area contributed by atoms with Crippen molar-refractivity contribution >= 4 is 6.03 Å². The topological polar surface area (TPSA) is 88.9 Å². The van der Waals surface area contributed by atoms with Gasteiger partial charge in [0.15, 0.2) is 0 Å². The van der Waals surface area contributed by atoms with Gasteiger partial charge >= 0.3 is 6.03 Å². The highest BCUT2D eigenvalue weighted by Crippen LogP contribution is 2.11. The summed E-state index contributed by atoms with van der Waals surface area (Å²) in [6.07, 6.45) is 1.27. The number of hydroxylamine groups is 2. The lowest BCUT2D eigenvalue weighted by atomic mass is 10.3. The SMILES string of the molecule is Cc1occc1COC(C)CN(O)C(N)=O. The molecule has 1 unspecified atom stereocenters. The maximum Gasteiger partial charge on any atom is 0.338 e. The molecule has 0 radical (unpaired) electrons. The summed E-state index contributed by atoms with van der Waals surface area (Å²) < 4.78 is 10.5. The fraction of sp³-hybridized carbons (Fsp3) is 0.500. The molecule has 1 aromatic rings. The molecule has 0 aliphatic carbocycles. The van der Waals surface area contributed by atoms with E-state index in [9.17, 15) is 4.79 Å². The van der Waals surface area contributed by atoms with Crippen molar-refractivity contribution in [2.45, 2.75) is 26.6 Å². The lowest BCUT2D eigenvalue weighted by molar-refractivity contribution is -0.0796. The van der Waals surface area contributed by atoms with E-state index < -0.39 is 6.03 Å². The van der Waals surface area contributed by atoms with Crippen LogP contribution in [0.3, 0.4) is 0 Å². The molecule has 2 amide bonds. The van der Waals surface area contributed by atoms with Crippen LogP contribution < -0.4 is 5.73 Å². The second kappa shape index (κ2) is 5.53. The van der Waals surface area contributed by atoms with Crippen LogP contribution >= 0.6 is 0 Å². The van der Waals surface area contributed by atoms with Crippen LogP contribution in [0.1, 0.15) is 18.2 Å². The predicted octanol–water partition coefficient (Wildman–Crippen LogP) is 1.26. The van der Waals surface area contributed by atoms with Gasteiger partial charge in [-0.15, -0.1) is 0 Å². The molecular formula is C10H16N2O4. The van der Waals surface area contributed by atoms with E-state index in [4.69, 9.17) is 20.1 Å². The fourth-order valence-electron chi connectivity index (χ4n) is 1.18. The van der Waals surface area contributed by atoms with Crippen LogP contribution in [0.5, 0.6) is 0 Å². The molecule has 6 heteroatoms. The summed E-state index contributed by atoms with van der Waals surface area (Å²) in [5, 5.41) is 9.49. The molecule has 6 nitrogen and oxygen atoms in total. The summed E-state index contributed by atoms with van der Waals surface area (Å²) in [7, 11) is 0. The second-order valence-corrected chi connectivity index (χ2v) is 3.54. The number of hydrogen-bond acceptors (Lipinski definition) is 4. The first-order valence-corrected chi connectivity index (χ1v) is 4.91. The third-order valence-electron chi connectivity index (χ3n) is 2.17. The number of nitrogens with two attached hydrogens (primary N) is 1. The van der Waals surface area contributed by atoms with E-state index >= 15 is 0 Å². The highest BCUT2D eigenvalue weighted by molar-refractivity contribution is 5.70. The number of hydrogen-bond donors (Lipinski definition) is 2. The lowest BCUT2D eigenvalue weighted by Crippen LogP contribution is -2.38. The monoisotopic (exact) mass is 228 g/mol. The van der Waals surface area contributed by atoms with Crippen molar-refractivity contribution < 1.29 is 19.2 Å². The maximum absolute atomic E-state index is 10.5. The minimum Gasteiger partial charge on any atom is -0.469 e. The lowest BCUT2D eigenvalue weighted by Gasteiger charge is -2.17. The Balaban J connectivity index is 2.33. The standard InChI is InChI=1S/C10H16N2O4/c1-7(5-12(14)10(11)13)16-6-9-3-4-15-8(9)2/h3-4,7,14H,5-6H2,1-2H3,(H2,11,13). The van der Waals surface area contributed by atoms with Crippen molar-refractivity contribution in [1.82, 2.24) is 5.06 Å². The minimum absolute atomic E-state index is 0.0340. The van der Waals surface area contributed by atoms with Gasteiger partial charge in [0.05, 0.1) is 25.5 Å². The van der Waals surface area contributed by atoms with E-state index in [0.717, 1.165) is 11.3 Å². The summed E-state index contributed by atoms with van der Waals surface area (Å²) in [4.78, 5) is 10.5. The Hall–Kier alpha value is -1.53. The first kappa shape index (κ1) is 12.5. The Kier molecular flexibility index (Phi) is 4.33. The van der Waals surface area contributed by atoms with Gasteiger partial charge in [0.1, 0.15) is 5.76 Å². The number of rotatable bonds is 5. The number of primary amides is 1. The molecule has 0 aliphatic rings. The maximum atomic E-state index is 10.5. The number of amides is 2. The van der Waals surface area contributed by atoms with Crippen LogP contribution in [0.2, 0.25) is 0 Å². The zero-order valence-electron chi connectivity index (χ0n) is 9.34. The van der Waals surface area contributed by atoms with Gasteiger partial charge in [-0.05, 0) is 19.9 Å².